The maximum atomic E-state index is 5.97. The number of nitrogens with two attached hydrogens (primary N) is 1. The lowest BCUT2D eigenvalue weighted by atomic mass is 10.1. The van der Waals surface area contributed by atoms with Gasteiger partial charge in [-0.1, -0.05) is 13.0 Å². The quantitative estimate of drug-likeness (QED) is 0.873. The van der Waals surface area contributed by atoms with E-state index in [0.717, 1.165) is 28.6 Å². The average Bonchev–Trinajstić information content (AvgIpc) is 3.06. The lowest BCUT2D eigenvalue weighted by molar-refractivity contribution is 0.236. The molecule has 106 valence electrons. The van der Waals surface area contributed by atoms with Crippen LogP contribution < -0.4 is 10.5 Å². The summed E-state index contributed by atoms with van der Waals surface area (Å²) in [6.07, 6.45) is 1.36. The molecular formula is C15H23BrN2O. The standard InChI is InChI=1S/C15H23BrN2O/c1-10-6-12(10)9-18(2)14(8-17)11-4-5-15(19-3)13(16)7-11/h4-5,7,10,12,14H,6,8-9,17H2,1-3H3. The molecule has 0 radical (unpaired) electrons. The molecule has 4 heteroatoms. The average molecular weight is 327 g/mol. The summed E-state index contributed by atoms with van der Waals surface area (Å²) in [6.45, 7) is 4.09. The molecule has 0 bridgehead atoms. The summed E-state index contributed by atoms with van der Waals surface area (Å²) in [5, 5.41) is 0. The first-order chi connectivity index (χ1) is 9.06. The van der Waals surface area contributed by atoms with Crippen molar-refractivity contribution >= 4 is 15.9 Å². The van der Waals surface area contributed by atoms with Crippen LogP contribution in [0.2, 0.25) is 0 Å². The number of rotatable bonds is 6. The molecule has 1 aromatic carbocycles. The van der Waals surface area contributed by atoms with Crippen molar-refractivity contribution in [3.63, 3.8) is 0 Å². The predicted molar refractivity (Wildman–Crippen MR) is 82.4 cm³/mol. The van der Waals surface area contributed by atoms with E-state index in [1.807, 2.05) is 6.07 Å². The molecule has 2 rings (SSSR count). The van der Waals surface area contributed by atoms with Crippen LogP contribution in [0.3, 0.4) is 0 Å². The van der Waals surface area contributed by atoms with Gasteiger partial charge in [0.25, 0.3) is 0 Å². The molecule has 1 aliphatic carbocycles. The van der Waals surface area contributed by atoms with E-state index in [-0.39, 0.29) is 6.04 Å². The van der Waals surface area contributed by atoms with Gasteiger partial charge < -0.3 is 10.5 Å². The molecule has 0 aromatic heterocycles. The van der Waals surface area contributed by atoms with E-state index in [0.29, 0.717) is 6.54 Å². The first kappa shape index (κ1) is 14.8. The molecule has 2 N–H and O–H groups in total. The van der Waals surface area contributed by atoms with Gasteiger partial charge in [-0.25, -0.2) is 0 Å². The van der Waals surface area contributed by atoms with Crippen LogP contribution in [0.1, 0.15) is 24.9 Å². The minimum atomic E-state index is 0.273. The maximum Gasteiger partial charge on any atom is 0.133 e. The minimum Gasteiger partial charge on any atom is -0.496 e. The number of methoxy groups -OCH3 is 1. The molecule has 0 heterocycles. The SMILES string of the molecule is COc1ccc(C(CN)N(C)CC2CC2C)cc1Br. The van der Waals surface area contributed by atoms with E-state index in [2.05, 4.69) is 46.9 Å². The smallest absolute Gasteiger partial charge is 0.133 e. The third-order valence-electron chi connectivity index (χ3n) is 4.11. The molecular weight excluding hydrogens is 304 g/mol. The fourth-order valence-corrected chi connectivity index (χ4v) is 3.17. The number of hydrogen-bond acceptors (Lipinski definition) is 3. The lowest BCUT2D eigenvalue weighted by Crippen LogP contribution is -2.32. The Kier molecular flexibility index (Phi) is 4.87. The van der Waals surface area contributed by atoms with Crippen molar-refractivity contribution in [1.82, 2.24) is 4.90 Å². The van der Waals surface area contributed by atoms with Gasteiger partial charge in [0.1, 0.15) is 5.75 Å². The van der Waals surface area contributed by atoms with Crippen molar-refractivity contribution < 1.29 is 4.74 Å². The largest absolute Gasteiger partial charge is 0.496 e. The Morgan fingerprint density at radius 1 is 1.53 bits per heavy atom. The Hall–Kier alpha value is -0.580. The Labute approximate surface area is 124 Å². The van der Waals surface area contributed by atoms with Gasteiger partial charge in [-0.05, 0) is 58.9 Å². The van der Waals surface area contributed by atoms with Crippen LogP contribution in [0.4, 0.5) is 0 Å². The van der Waals surface area contributed by atoms with Crippen LogP contribution >= 0.6 is 15.9 Å². The van der Waals surface area contributed by atoms with Gasteiger partial charge >= 0.3 is 0 Å². The normalized spacial score (nSPS) is 23.5. The molecule has 0 aliphatic heterocycles. The molecule has 1 aliphatic rings. The molecule has 0 spiro atoms. The zero-order chi connectivity index (χ0) is 14.0. The second-order valence-electron chi connectivity index (χ2n) is 5.56. The number of nitrogens with zero attached hydrogens (tertiary/aromatic N) is 1. The molecule has 1 aromatic rings. The van der Waals surface area contributed by atoms with Crippen LogP contribution in [-0.2, 0) is 0 Å². The van der Waals surface area contributed by atoms with Crippen molar-refractivity contribution in [3.8, 4) is 5.75 Å². The molecule has 1 saturated carbocycles. The van der Waals surface area contributed by atoms with Gasteiger partial charge in [-0.3, -0.25) is 4.90 Å². The Balaban J connectivity index is 2.09. The van der Waals surface area contributed by atoms with E-state index in [1.54, 1.807) is 7.11 Å². The summed E-state index contributed by atoms with van der Waals surface area (Å²) in [4.78, 5) is 2.38. The van der Waals surface area contributed by atoms with Gasteiger partial charge in [0, 0.05) is 19.1 Å². The number of ether oxygens (including phenoxy) is 1. The first-order valence-electron chi connectivity index (χ1n) is 6.80. The third-order valence-corrected chi connectivity index (χ3v) is 4.73. The molecule has 1 fully saturated rings. The summed E-state index contributed by atoms with van der Waals surface area (Å²) in [7, 11) is 3.85. The zero-order valence-corrected chi connectivity index (χ0v) is 13.5. The lowest BCUT2D eigenvalue weighted by Gasteiger charge is -2.28. The van der Waals surface area contributed by atoms with Crippen LogP contribution in [0.25, 0.3) is 0 Å². The summed E-state index contributed by atoms with van der Waals surface area (Å²) in [6, 6.07) is 6.49. The van der Waals surface area contributed by atoms with Gasteiger partial charge in [-0.15, -0.1) is 0 Å². The summed E-state index contributed by atoms with van der Waals surface area (Å²) in [5.74, 6) is 2.59. The number of benzene rings is 1. The second-order valence-corrected chi connectivity index (χ2v) is 6.41. The highest BCUT2D eigenvalue weighted by Crippen LogP contribution is 2.39. The van der Waals surface area contributed by atoms with Gasteiger partial charge in [-0.2, -0.15) is 0 Å². The molecule has 3 atom stereocenters. The Morgan fingerprint density at radius 2 is 2.21 bits per heavy atom. The highest BCUT2D eigenvalue weighted by molar-refractivity contribution is 9.10. The molecule has 19 heavy (non-hydrogen) atoms. The van der Waals surface area contributed by atoms with E-state index < -0.39 is 0 Å². The molecule has 3 nitrogen and oxygen atoms in total. The third kappa shape index (κ3) is 3.50. The number of hydrogen-bond donors (Lipinski definition) is 1. The van der Waals surface area contributed by atoms with Crippen molar-refractivity contribution in [3.05, 3.63) is 28.2 Å². The van der Waals surface area contributed by atoms with E-state index in [1.165, 1.54) is 12.0 Å². The van der Waals surface area contributed by atoms with Gasteiger partial charge in [0.2, 0.25) is 0 Å². The highest BCUT2D eigenvalue weighted by Gasteiger charge is 2.34. The Morgan fingerprint density at radius 3 is 2.68 bits per heavy atom. The van der Waals surface area contributed by atoms with Crippen LogP contribution in [-0.4, -0.2) is 32.1 Å². The van der Waals surface area contributed by atoms with Crippen LogP contribution in [0.5, 0.6) is 5.75 Å². The van der Waals surface area contributed by atoms with Crippen molar-refractivity contribution in [2.75, 3.05) is 27.2 Å². The van der Waals surface area contributed by atoms with Crippen LogP contribution in [0.15, 0.2) is 22.7 Å². The van der Waals surface area contributed by atoms with Crippen molar-refractivity contribution in [1.29, 1.82) is 0 Å². The molecule has 0 amide bonds. The van der Waals surface area contributed by atoms with Crippen LogP contribution in [0, 0.1) is 11.8 Å². The van der Waals surface area contributed by atoms with Gasteiger partial charge in [0.15, 0.2) is 0 Å². The van der Waals surface area contributed by atoms with Gasteiger partial charge in [0.05, 0.1) is 11.6 Å². The summed E-state index contributed by atoms with van der Waals surface area (Å²) in [5.41, 5.74) is 7.21. The minimum absolute atomic E-state index is 0.273. The summed E-state index contributed by atoms with van der Waals surface area (Å²) >= 11 is 3.54. The van der Waals surface area contributed by atoms with Crippen molar-refractivity contribution in [2.24, 2.45) is 17.6 Å². The zero-order valence-electron chi connectivity index (χ0n) is 11.9. The number of likely N-dealkylation sites (N-methyl/N-ethyl adjacent to an activating group) is 1. The Bertz CT molecular complexity index is 438. The molecule has 3 unspecified atom stereocenters. The van der Waals surface area contributed by atoms with Crippen molar-refractivity contribution in [2.45, 2.75) is 19.4 Å². The van der Waals surface area contributed by atoms with E-state index in [4.69, 9.17) is 10.5 Å². The second kappa shape index (κ2) is 6.25. The first-order valence-corrected chi connectivity index (χ1v) is 7.59. The van der Waals surface area contributed by atoms with E-state index in [9.17, 15) is 0 Å². The molecule has 0 saturated heterocycles. The monoisotopic (exact) mass is 326 g/mol. The fourth-order valence-electron chi connectivity index (χ4n) is 2.61. The highest BCUT2D eigenvalue weighted by atomic mass is 79.9. The topological polar surface area (TPSA) is 38.5 Å². The predicted octanol–water partition coefficient (Wildman–Crippen LogP) is 3.05. The summed E-state index contributed by atoms with van der Waals surface area (Å²) < 4.78 is 6.26. The van der Waals surface area contributed by atoms with E-state index >= 15 is 0 Å². The number of halogens is 1. The fraction of sp³-hybridized carbons (Fsp3) is 0.600. The maximum absolute atomic E-state index is 5.97.